The minimum atomic E-state index is -1.33. The van der Waals surface area contributed by atoms with Crippen LogP contribution < -0.4 is 20.1 Å². The molecule has 11 nitrogen and oxygen atoms in total. The zero-order chi connectivity index (χ0) is 35.2. The number of benzene rings is 3. The van der Waals surface area contributed by atoms with Gasteiger partial charge in [0.1, 0.15) is 17.0 Å². The van der Waals surface area contributed by atoms with E-state index in [0.717, 1.165) is 55.8 Å². The third-order valence-corrected chi connectivity index (χ3v) is 11.2. The van der Waals surface area contributed by atoms with Gasteiger partial charge in [-0.05, 0) is 119 Å². The minimum Gasteiger partial charge on any atom is -0.496 e. The van der Waals surface area contributed by atoms with Crippen LogP contribution in [0.25, 0.3) is 27.7 Å². The highest BCUT2D eigenvalue weighted by Gasteiger charge is 2.62. The van der Waals surface area contributed by atoms with Gasteiger partial charge in [0.05, 0.1) is 31.2 Å². The van der Waals surface area contributed by atoms with Crippen molar-refractivity contribution in [2.45, 2.75) is 44.1 Å². The maximum absolute atomic E-state index is 14.3. The van der Waals surface area contributed by atoms with Crippen molar-refractivity contribution in [3.05, 3.63) is 71.9 Å². The molecule has 0 atom stereocenters. The number of hydrogen-bond acceptors (Lipinski definition) is 7. The van der Waals surface area contributed by atoms with Crippen LogP contribution in [-0.4, -0.2) is 84.5 Å². The van der Waals surface area contributed by atoms with Crippen molar-refractivity contribution in [2.24, 2.45) is 23.7 Å². The van der Waals surface area contributed by atoms with E-state index in [1.165, 1.54) is 0 Å². The zero-order valence-corrected chi connectivity index (χ0v) is 29.1. The Labute approximate surface area is 291 Å². The fourth-order valence-electron chi connectivity index (χ4n) is 9.10. The average Bonchev–Trinajstić information content (AvgIpc) is 3.55. The fraction of sp³-hybridized carbons (Fsp3) is 0.436. The van der Waals surface area contributed by atoms with Crippen LogP contribution in [0.1, 0.15) is 59.4 Å². The zero-order valence-electron chi connectivity index (χ0n) is 29.1. The molecule has 0 aliphatic heterocycles. The first kappa shape index (κ1) is 33.6. The molecule has 4 aliphatic rings. The van der Waals surface area contributed by atoms with Gasteiger partial charge in [0.15, 0.2) is 5.69 Å². The number of carboxylic acids is 1. The van der Waals surface area contributed by atoms with Crippen molar-refractivity contribution in [3.8, 4) is 28.4 Å². The van der Waals surface area contributed by atoms with Crippen LogP contribution in [0.3, 0.4) is 0 Å². The standard InChI is InChI=1S/C39H45N5O6/c1-43(2)16-8-15-40-36(45)29-13-14-31(28-10-6-5-9-27(28)29)44-32(35-33(49-3)11-7-12-34(35)50-4)22-30(42-44)37(46)41-39(38(47)48)25-18-23-17-24(20-25)21-26(39)19-23/h5-7,9-14,22-26H,8,15-21H2,1-4H3,(H,40,45)(H,41,46)(H,47,48). The van der Waals surface area contributed by atoms with Crippen LogP contribution in [0.15, 0.2) is 60.7 Å². The summed E-state index contributed by atoms with van der Waals surface area (Å²) in [7, 11) is 7.13. The lowest BCUT2D eigenvalue weighted by atomic mass is 9.48. The van der Waals surface area contributed by atoms with Crippen LogP contribution in [0.2, 0.25) is 0 Å². The van der Waals surface area contributed by atoms with Gasteiger partial charge in [0.2, 0.25) is 0 Å². The molecule has 1 heterocycles. The maximum Gasteiger partial charge on any atom is 0.330 e. The largest absolute Gasteiger partial charge is 0.496 e. The second kappa shape index (κ2) is 13.4. The second-order valence-corrected chi connectivity index (χ2v) is 14.4. The fourth-order valence-corrected chi connectivity index (χ4v) is 9.10. The topological polar surface area (TPSA) is 135 Å². The van der Waals surface area contributed by atoms with Gasteiger partial charge in [-0.2, -0.15) is 5.10 Å². The highest BCUT2D eigenvalue weighted by Crippen LogP contribution is 2.58. The molecule has 4 bridgehead atoms. The molecular formula is C39H45N5O6. The monoisotopic (exact) mass is 679 g/mol. The predicted molar refractivity (Wildman–Crippen MR) is 190 cm³/mol. The lowest BCUT2D eigenvalue weighted by Crippen LogP contribution is -2.70. The van der Waals surface area contributed by atoms with E-state index in [0.29, 0.717) is 52.4 Å². The van der Waals surface area contributed by atoms with Crippen LogP contribution >= 0.6 is 0 Å². The van der Waals surface area contributed by atoms with Crippen molar-refractivity contribution in [3.63, 3.8) is 0 Å². The van der Waals surface area contributed by atoms with E-state index in [-0.39, 0.29) is 23.4 Å². The average molecular weight is 680 g/mol. The molecule has 4 saturated carbocycles. The first-order valence-electron chi connectivity index (χ1n) is 17.5. The lowest BCUT2D eigenvalue weighted by Gasteiger charge is -2.59. The molecule has 3 aromatic carbocycles. The number of ether oxygens (including phenoxy) is 2. The molecule has 0 unspecified atom stereocenters. The Morgan fingerprint density at radius 3 is 2.12 bits per heavy atom. The quantitative estimate of drug-likeness (QED) is 0.170. The third-order valence-electron chi connectivity index (χ3n) is 11.2. The normalized spacial score (nSPS) is 23.6. The summed E-state index contributed by atoms with van der Waals surface area (Å²) in [5.41, 5.74) is 1.01. The number of rotatable bonds is 12. The van der Waals surface area contributed by atoms with E-state index < -0.39 is 17.4 Å². The van der Waals surface area contributed by atoms with Crippen LogP contribution in [-0.2, 0) is 4.79 Å². The number of amides is 2. The van der Waals surface area contributed by atoms with E-state index in [1.54, 1.807) is 31.0 Å². The Kier molecular flexibility index (Phi) is 9.02. The van der Waals surface area contributed by atoms with E-state index in [4.69, 9.17) is 14.6 Å². The van der Waals surface area contributed by atoms with Crippen molar-refractivity contribution in [1.82, 2.24) is 25.3 Å². The molecule has 2 amide bonds. The van der Waals surface area contributed by atoms with Crippen LogP contribution in [0.5, 0.6) is 11.5 Å². The number of aromatic nitrogens is 2. The van der Waals surface area contributed by atoms with Gasteiger partial charge in [-0.1, -0.05) is 30.3 Å². The van der Waals surface area contributed by atoms with E-state index in [2.05, 4.69) is 15.5 Å². The molecule has 4 aromatic rings. The highest BCUT2D eigenvalue weighted by atomic mass is 16.5. The molecule has 0 saturated heterocycles. The molecule has 4 fully saturated rings. The summed E-state index contributed by atoms with van der Waals surface area (Å²) in [6.45, 7) is 1.41. The first-order valence-corrected chi connectivity index (χ1v) is 17.5. The third kappa shape index (κ3) is 5.77. The van der Waals surface area contributed by atoms with Crippen molar-refractivity contribution < 1.29 is 29.0 Å². The summed E-state index contributed by atoms with van der Waals surface area (Å²) in [5.74, 6) is 0.191. The van der Waals surface area contributed by atoms with E-state index in [1.807, 2.05) is 62.6 Å². The summed E-state index contributed by atoms with van der Waals surface area (Å²) < 4.78 is 13.2. The Bertz CT molecular complexity index is 1900. The number of nitrogens with one attached hydrogen (secondary N) is 2. The van der Waals surface area contributed by atoms with E-state index in [9.17, 15) is 19.5 Å². The number of carboxylic acid groups (broad SMARTS) is 1. The molecule has 262 valence electrons. The minimum absolute atomic E-state index is 0.0779. The van der Waals surface area contributed by atoms with Gasteiger partial charge < -0.3 is 30.1 Å². The van der Waals surface area contributed by atoms with Crippen molar-refractivity contribution in [2.75, 3.05) is 41.4 Å². The molecular weight excluding hydrogens is 634 g/mol. The van der Waals surface area contributed by atoms with Crippen molar-refractivity contribution in [1.29, 1.82) is 0 Å². The number of carbonyl (C=O) groups excluding carboxylic acids is 2. The van der Waals surface area contributed by atoms with Crippen molar-refractivity contribution >= 4 is 28.6 Å². The van der Waals surface area contributed by atoms with Gasteiger partial charge in [-0.15, -0.1) is 0 Å². The number of hydrogen-bond donors (Lipinski definition) is 3. The number of carbonyl (C=O) groups is 3. The van der Waals surface area contributed by atoms with Crippen LogP contribution in [0, 0.1) is 23.7 Å². The molecule has 11 heteroatoms. The van der Waals surface area contributed by atoms with Gasteiger partial charge >= 0.3 is 5.97 Å². The van der Waals surface area contributed by atoms with Gasteiger partial charge in [0, 0.05) is 17.5 Å². The second-order valence-electron chi connectivity index (χ2n) is 14.4. The summed E-state index contributed by atoms with van der Waals surface area (Å²) in [5, 5.41) is 23.2. The van der Waals surface area contributed by atoms with Crippen LogP contribution in [0.4, 0.5) is 0 Å². The summed E-state index contributed by atoms with van der Waals surface area (Å²) in [4.78, 5) is 42.9. The smallest absolute Gasteiger partial charge is 0.330 e. The van der Waals surface area contributed by atoms with Gasteiger partial charge in [-0.25, -0.2) is 9.48 Å². The Balaban J connectivity index is 1.32. The maximum atomic E-state index is 14.3. The molecule has 8 rings (SSSR count). The van der Waals surface area contributed by atoms with Gasteiger partial charge in [0.25, 0.3) is 11.8 Å². The summed E-state index contributed by atoms with van der Waals surface area (Å²) >= 11 is 0. The number of aliphatic carboxylic acids is 1. The Morgan fingerprint density at radius 1 is 0.880 bits per heavy atom. The van der Waals surface area contributed by atoms with E-state index >= 15 is 0 Å². The first-order chi connectivity index (χ1) is 24.1. The lowest BCUT2D eigenvalue weighted by molar-refractivity contribution is -0.163. The predicted octanol–water partition coefficient (Wildman–Crippen LogP) is 5.40. The SMILES string of the molecule is COc1cccc(OC)c1-c1cc(C(=O)NC2(C(=O)O)C3CC4CC(C3)CC2C4)nn1-c1ccc(C(=O)NCCCN(C)C)c2ccccc12. The molecule has 50 heavy (non-hydrogen) atoms. The number of nitrogens with zero attached hydrogens (tertiary/aromatic N) is 3. The number of fused-ring (bicyclic) bond motifs is 1. The molecule has 0 spiro atoms. The Hall–Kier alpha value is -4.90. The molecule has 0 radical (unpaired) electrons. The Morgan fingerprint density at radius 2 is 1.52 bits per heavy atom. The summed E-state index contributed by atoms with van der Waals surface area (Å²) in [6.07, 6.45) is 5.26. The number of methoxy groups -OCH3 is 2. The highest BCUT2D eigenvalue weighted by molar-refractivity contribution is 6.09. The molecule has 1 aromatic heterocycles. The molecule has 3 N–H and O–H groups in total. The summed E-state index contributed by atoms with van der Waals surface area (Å²) in [6, 6.07) is 18.3. The van der Waals surface area contributed by atoms with Gasteiger partial charge in [-0.3, -0.25) is 9.59 Å². The molecule has 4 aliphatic carbocycles.